The van der Waals surface area contributed by atoms with Gasteiger partial charge in [0, 0.05) is 18.2 Å². The topological polar surface area (TPSA) is 97.8 Å². The van der Waals surface area contributed by atoms with Crippen LogP contribution in [0.2, 0.25) is 0 Å². The second kappa shape index (κ2) is 11.1. The number of anilines is 1. The number of benzene rings is 2. The standard InChI is InChI=1S/C27H26N2O5/c30-25(29-24-9-5-4-8-23(24)27(31)32)16-20-10-15-26(28-17-20)34-22-13-11-21(12-14-22)33-18-19-6-2-1-3-7-19/h2,4-6,8-15,17,19H,1,3,7,16,18H2,(H,29,30)(H,31,32). The third-order valence-corrected chi connectivity index (χ3v) is 5.46. The zero-order chi connectivity index (χ0) is 23.8. The number of para-hydroxylation sites is 1. The van der Waals surface area contributed by atoms with Crippen LogP contribution < -0.4 is 14.8 Å². The van der Waals surface area contributed by atoms with Crippen LogP contribution in [0.4, 0.5) is 5.69 Å². The van der Waals surface area contributed by atoms with Crippen LogP contribution >= 0.6 is 0 Å². The van der Waals surface area contributed by atoms with Gasteiger partial charge in [0.05, 0.1) is 24.3 Å². The number of carbonyl (C=O) groups excluding carboxylic acids is 1. The maximum absolute atomic E-state index is 12.3. The van der Waals surface area contributed by atoms with Gasteiger partial charge in [-0.05, 0) is 61.2 Å². The molecule has 1 amide bonds. The van der Waals surface area contributed by atoms with E-state index in [1.165, 1.54) is 12.5 Å². The smallest absolute Gasteiger partial charge is 0.337 e. The van der Waals surface area contributed by atoms with Crippen molar-refractivity contribution in [3.8, 4) is 17.4 Å². The van der Waals surface area contributed by atoms with Gasteiger partial charge in [0.2, 0.25) is 11.8 Å². The van der Waals surface area contributed by atoms with E-state index in [1.807, 2.05) is 24.3 Å². The van der Waals surface area contributed by atoms with Crippen LogP contribution in [0.15, 0.2) is 79.0 Å². The zero-order valence-corrected chi connectivity index (χ0v) is 18.6. The van der Waals surface area contributed by atoms with Gasteiger partial charge in [0.25, 0.3) is 0 Å². The Morgan fingerprint density at radius 1 is 1.03 bits per heavy atom. The van der Waals surface area contributed by atoms with Crippen LogP contribution in [0.5, 0.6) is 17.4 Å². The molecule has 0 saturated heterocycles. The van der Waals surface area contributed by atoms with Gasteiger partial charge in [-0.25, -0.2) is 9.78 Å². The van der Waals surface area contributed by atoms with Gasteiger partial charge in [0.1, 0.15) is 11.5 Å². The van der Waals surface area contributed by atoms with E-state index in [4.69, 9.17) is 9.47 Å². The van der Waals surface area contributed by atoms with Crippen molar-refractivity contribution in [3.05, 3.63) is 90.1 Å². The predicted molar refractivity (Wildman–Crippen MR) is 128 cm³/mol. The van der Waals surface area contributed by atoms with E-state index in [-0.39, 0.29) is 23.6 Å². The molecule has 0 saturated carbocycles. The Kier molecular flexibility index (Phi) is 7.55. The van der Waals surface area contributed by atoms with Crippen LogP contribution in [-0.2, 0) is 11.2 Å². The number of aromatic nitrogens is 1. The van der Waals surface area contributed by atoms with E-state index in [0.717, 1.165) is 18.6 Å². The molecule has 0 aliphatic heterocycles. The SMILES string of the molecule is O=C(Cc1ccc(Oc2ccc(OCC3C=CCCC3)cc2)nc1)Nc1ccccc1C(=O)O. The second-order valence-corrected chi connectivity index (χ2v) is 8.08. The number of hydrogen-bond acceptors (Lipinski definition) is 5. The molecule has 4 rings (SSSR count). The Balaban J connectivity index is 1.28. The van der Waals surface area contributed by atoms with Gasteiger partial charge in [0.15, 0.2) is 0 Å². The number of amides is 1. The summed E-state index contributed by atoms with van der Waals surface area (Å²) in [5.74, 6) is 0.879. The Labute approximate surface area is 198 Å². The molecule has 7 heteroatoms. The van der Waals surface area contributed by atoms with Gasteiger partial charge in [-0.2, -0.15) is 0 Å². The molecule has 1 aliphatic rings. The molecule has 0 bridgehead atoms. The van der Waals surface area contributed by atoms with E-state index in [9.17, 15) is 14.7 Å². The Hall–Kier alpha value is -4.13. The van der Waals surface area contributed by atoms with Crippen LogP contribution in [-0.4, -0.2) is 28.6 Å². The molecule has 7 nitrogen and oxygen atoms in total. The Bertz CT molecular complexity index is 1160. The van der Waals surface area contributed by atoms with Crippen molar-refractivity contribution in [1.82, 2.24) is 4.98 Å². The normalized spacial score (nSPS) is 14.9. The van der Waals surface area contributed by atoms with E-state index < -0.39 is 5.97 Å². The lowest BCUT2D eigenvalue weighted by Gasteiger charge is -2.17. The first-order chi connectivity index (χ1) is 16.6. The summed E-state index contributed by atoms with van der Waals surface area (Å²) < 4.78 is 11.7. The molecule has 1 heterocycles. The van der Waals surface area contributed by atoms with Crippen LogP contribution in [0.1, 0.15) is 35.2 Å². The van der Waals surface area contributed by atoms with E-state index in [1.54, 1.807) is 36.5 Å². The average molecular weight is 459 g/mol. The van der Waals surface area contributed by atoms with Gasteiger partial charge in [-0.15, -0.1) is 0 Å². The average Bonchev–Trinajstić information content (AvgIpc) is 2.85. The molecular formula is C27H26N2O5. The molecule has 174 valence electrons. The van der Waals surface area contributed by atoms with Crippen LogP contribution in [0, 0.1) is 5.92 Å². The number of nitrogens with one attached hydrogen (secondary N) is 1. The third-order valence-electron chi connectivity index (χ3n) is 5.46. The molecule has 2 aromatic carbocycles. The molecule has 3 aromatic rings. The van der Waals surface area contributed by atoms with Gasteiger partial charge in [-0.1, -0.05) is 30.4 Å². The predicted octanol–water partition coefficient (Wildman–Crippen LogP) is 5.49. The lowest BCUT2D eigenvalue weighted by Crippen LogP contribution is -2.16. The van der Waals surface area contributed by atoms with Crippen LogP contribution in [0.3, 0.4) is 0 Å². The van der Waals surface area contributed by atoms with Crippen molar-refractivity contribution in [2.75, 3.05) is 11.9 Å². The minimum atomic E-state index is -1.10. The second-order valence-electron chi connectivity index (χ2n) is 8.08. The molecule has 34 heavy (non-hydrogen) atoms. The zero-order valence-electron chi connectivity index (χ0n) is 18.6. The molecule has 1 aliphatic carbocycles. The van der Waals surface area contributed by atoms with Crippen molar-refractivity contribution in [2.45, 2.75) is 25.7 Å². The number of carbonyl (C=O) groups is 2. The molecule has 0 radical (unpaired) electrons. The van der Waals surface area contributed by atoms with Gasteiger partial charge in [-0.3, -0.25) is 4.79 Å². The summed E-state index contributed by atoms with van der Waals surface area (Å²) in [5.41, 5.74) is 0.980. The summed E-state index contributed by atoms with van der Waals surface area (Å²) in [6.45, 7) is 0.676. The van der Waals surface area contributed by atoms with Crippen molar-refractivity contribution in [2.24, 2.45) is 5.92 Å². The number of aromatic carboxylic acids is 1. The molecule has 1 atom stereocenters. The molecular weight excluding hydrogens is 432 g/mol. The minimum absolute atomic E-state index is 0.0416. The molecule has 1 aromatic heterocycles. The summed E-state index contributed by atoms with van der Waals surface area (Å²) in [5, 5.41) is 11.9. The maximum Gasteiger partial charge on any atom is 0.337 e. The lowest BCUT2D eigenvalue weighted by atomic mass is 9.97. The first kappa shape index (κ1) is 23.0. The van der Waals surface area contributed by atoms with Crippen LogP contribution in [0.25, 0.3) is 0 Å². The maximum atomic E-state index is 12.3. The molecule has 0 fully saturated rings. The fraction of sp³-hybridized carbons (Fsp3) is 0.222. The lowest BCUT2D eigenvalue weighted by molar-refractivity contribution is -0.115. The number of carboxylic acids is 1. The highest BCUT2D eigenvalue weighted by Crippen LogP contribution is 2.24. The summed E-state index contributed by atoms with van der Waals surface area (Å²) in [7, 11) is 0. The van der Waals surface area contributed by atoms with Crippen molar-refractivity contribution >= 4 is 17.6 Å². The molecule has 0 spiro atoms. The number of pyridine rings is 1. The number of nitrogens with zero attached hydrogens (tertiary/aromatic N) is 1. The number of allylic oxidation sites excluding steroid dienone is 1. The summed E-state index contributed by atoms with van der Waals surface area (Å²) in [6.07, 6.45) is 9.61. The van der Waals surface area contributed by atoms with Crippen molar-refractivity contribution < 1.29 is 24.2 Å². The number of carboxylic acid groups (broad SMARTS) is 1. The monoisotopic (exact) mass is 458 g/mol. The first-order valence-electron chi connectivity index (χ1n) is 11.2. The van der Waals surface area contributed by atoms with Crippen molar-refractivity contribution in [1.29, 1.82) is 0 Å². The van der Waals surface area contributed by atoms with Gasteiger partial charge >= 0.3 is 5.97 Å². The van der Waals surface area contributed by atoms with E-state index in [2.05, 4.69) is 22.5 Å². The Morgan fingerprint density at radius 3 is 2.53 bits per heavy atom. The van der Waals surface area contributed by atoms with Gasteiger partial charge < -0.3 is 19.9 Å². The highest BCUT2D eigenvalue weighted by atomic mass is 16.5. The molecule has 2 N–H and O–H groups in total. The van der Waals surface area contributed by atoms with Crippen molar-refractivity contribution in [3.63, 3.8) is 0 Å². The fourth-order valence-electron chi connectivity index (χ4n) is 3.68. The van der Waals surface area contributed by atoms with E-state index >= 15 is 0 Å². The number of ether oxygens (including phenoxy) is 2. The molecule has 1 unspecified atom stereocenters. The fourth-order valence-corrected chi connectivity index (χ4v) is 3.68. The summed E-state index contributed by atoms with van der Waals surface area (Å²) in [4.78, 5) is 27.9. The summed E-state index contributed by atoms with van der Waals surface area (Å²) in [6, 6.07) is 17.1. The Morgan fingerprint density at radius 2 is 1.82 bits per heavy atom. The number of rotatable bonds is 9. The largest absolute Gasteiger partial charge is 0.493 e. The highest BCUT2D eigenvalue weighted by Gasteiger charge is 2.13. The minimum Gasteiger partial charge on any atom is -0.493 e. The van der Waals surface area contributed by atoms with E-state index in [0.29, 0.717) is 29.7 Å². The third kappa shape index (κ3) is 6.45. The highest BCUT2D eigenvalue weighted by molar-refractivity contribution is 6.00. The number of hydrogen-bond donors (Lipinski definition) is 2. The quantitative estimate of drug-likeness (QED) is 0.412. The first-order valence-corrected chi connectivity index (χ1v) is 11.2. The summed E-state index contributed by atoms with van der Waals surface area (Å²) >= 11 is 0.